The van der Waals surface area contributed by atoms with Crippen molar-refractivity contribution < 1.29 is 9.84 Å². The van der Waals surface area contributed by atoms with Gasteiger partial charge in [0.05, 0.1) is 17.8 Å². The van der Waals surface area contributed by atoms with Crippen LogP contribution in [0.4, 0.5) is 0 Å². The second-order valence-electron chi connectivity index (χ2n) is 5.21. The van der Waals surface area contributed by atoms with E-state index in [-0.39, 0.29) is 0 Å². The van der Waals surface area contributed by atoms with Crippen molar-refractivity contribution in [3.63, 3.8) is 0 Å². The standard InChI is InChI=1S/C12H23NO2/c1-10-4-5-11(15-10)8-13-9-12(14)6-2-3-7-12/h10-11,13-14H,2-9H2,1H3. The van der Waals surface area contributed by atoms with E-state index in [4.69, 9.17) is 4.74 Å². The zero-order valence-electron chi connectivity index (χ0n) is 9.67. The zero-order chi connectivity index (χ0) is 10.7. The van der Waals surface area contributed by atoms with Crippen LogP contribution in [0, 0.1) is 0 Å². The molecule has 0 amide bonds. The topological polar surface area (TPSA) is 41.5 Å². The lowest BCUT2D eigenvalue weighted by Gasteiger charge is -2.23. The van der Waals surface area contributed by atoms with E-state index in [1.54, 1.807) is 0 Å². The third-order valence-corrected chi connectivity index (χ3v) is 3.68. The lowest BCUT2D eigenvalue weighted by atomic mass is 10.0. The Hall–Kier alpha value is -0.120. The third kappa shape index (κ3) is 3.16. The molecule has 0 spiro atoms. The summed E-state index contributed by atoms with van der Waals surface area (Å²) in [5.41, 5.74) is -0.426. The molecule has 3 nitrogen and oxygen atoms in total. The quantitative estimate of drug-likeness (QED) is 0.742. The van der Waals surface area contributed by atoms with Gasteiger partial charge in [0.25, 0.3) is 0 Å². The summed E-state index contributed by atoms with van der Waals surface area (Å²) in [5.74, 6) is 0. The first-order chi connectivity index (χ1) is 7.18. The number of aliphatic hydroxyl groups is 1. The van der Waals surface area contributed by atoms with Crippen molar-refractivity contribution in [3.05, 3.63) is 0 Å². The molecule has 2 unspecified atom stereocenters. The van der Waals surface area contributed by atoms with Crippen LogP contribution in [-0.4, -0.2) is 36.0 Å². The van der Waals surface area contributed by atoms with Gasteiger partial charge in [0.2, 0.25) is 0 Å². The first kappa shape index (κ1) is 11.4. The van der Waals surface area contributed by atoms with Gasteiger partial charge in [-0.05, 0) is 32.6 Å². The summed E-state index contributed by atoms with van der Waals surface area (Å²) in [5, 5.41) is 13.5. The third-order valence-electron chi connectivity index (χ3n) is 3.68. The minimum absolute atomic E-state index is 0.366. The number of rotatable bonds is 4. The molecular weight excluding hydrogens is 190 g/mol. The van der Waals surface area contributed by atoms with Crippen molar-refractivity contribution in [3.8, 4) is 0 Å². The lowest BCUT2D eigenvalue weighted by Crippen LogP contribution is -2.40. The highest BCUT2D eigenvalue weighted by Crippen LogP contribution is 2.28. The Labute approximate surface area is 92.2 Å². The second kappa shape index (κ2) is 4.81. The number of hydrogen-bond acceptors (Lipinski definition) is 3. The molecule has 1 aliphatic carbocycles. The molecule has 2 N–H and O–H groups in total. The van der Waals surface area contributed by atoms with Gasteiger partial charge < -0.3 is 15.2 Å². The molecule has 88 valence electrons. The average Bonchev–Trinajstić information content (AvgIpc) is 2.76. The highest BCUT2D eigenvalue weighted by atomic mass is 16.5. The van der Waals surface area contributed by atoms with E-state index < -0.39 is 5.60 Å². The smallest absolute Gasteiger partial charge is 0.0771 e. The van der Waals surface area contributed by atoms with Crippen LogP contribution in [0.3, 0.4) is 0 Å². The van der Waals surface area contributed by atoms with Crippen molar-refractivity contribution in [2.45, 2.75) is 63.3 Å². The summed E-state index contributed by atoms with van der Waals surface area (Å²) < 4.78 is 5.71. The summed E-state index contributed by atoms with van der Waals surface area (Å²) in [6.07, 6.45) is 7.40. The van der Waals surface area contributed by atoms with Crippen LogP contribution < -0.4 is 5.32 Å². The van der Waals surface area contributed by atoms with Gasteiger partial charge in [-0.2, -0.15) is 0 Å². The van der Waals surface area contributed by atoms with E-state index in [9.17, 15) is 5.11 Å². The molecule has 1 aliphatic heterocycles. The summed E-state index contributed by atoms with van der Waals surface area (Å²) in [4.78, 5) is 0. The van der Waals surface area contributed by atoms with Gasteiger partial charge in [-0.15, -0.1) is 0 Å². The van der Waals surface area contributed by atoms with Crippen LogP contribution in [-0.2, 0) is 4.74 Å². The first-order valence-corrected chi connectivity index (χ1v) is 6.26. The SMILES string of the molecule is CC1CCC(CNCC2(O)CCCC2)O1. The summed E-state index contributed by atoms with van der Waals surface area (Å²) in [6, 6.07) is 0. The van der Waals surface area contributed by atoms with Crippen molar-refractivity contribution in [2.75, 3.05) is 13.1 Å². The molecule has 2 fully saturated rings. The fraction of sp³-hybridized carbons (Fsp3) is 1.00. The normalized spacial score (nSPS) is 34.8. The molecule has 2 rings (SSSR count). The van der Waals surface area contributed by atoms with Crippen LogP contribution in [0.5, 0.6) is 0 Å². The van der Waals surface area contributed by atoms with E-state index in [0.717, 1.165) is 32.4 Å². The van der Waals surface area contributed by atoms with Gasteiger partial charge >= 0.3 is 0 Å². The largest absolute Gasteiger partial charge is 0.389 e. The molecule has 1 heterocycles. The Bertz CT molecular complexity index is 202. The molecular formula is C12H23NO2. The molecule has 2 aliphatic rings. The predicted octanol–water partition coefficient (Wildman–Crippen LogP) is 1.45. The van der Waals surface area contributed by atoms with Crippen LogP contribution >= 0.6 is 0 Å². The Balaban J connectivity index is 1.62. The lowest BCUT2D eigenvalue weighted by molar-refractivity contribution is 0.0319. The zero-order valence-corrected chi connectivity index (χ0v) is 9.67. The average molecular weight is 213 g/mol. The van der Waals surface area contributed by atoms with Crippen molar-refractivity contribution in [1.82, 2.24) is 5.32 Å². The molecule has 1 saturated heterocycles. The molecule has 15 heavy (non-hydrogen) atoms. The molecule has 3 heteroatoms. The van der Waals surface area contributed by atoms with Gasteiger partial charge in [0.1, 0.15) is 0 Å². The molecule has 0 aromatic heterocycles. The first-order valence-electron chi connectivity index (χ1n) is 6.26. The van der Waals surface area contributed by atoms with Crippen LogP contribution in [0.25, 0.3) is 0 Å². The molecule has 0 aromatic rings. The molecule has 0 aromatic carbocycles. The van der Waals surface area contributed by atoms with Crippen molar-refractivity contribution in [1.29, 1.82) is 0 Å². The van der Waals surface area contributed by atoms with Gasteiger partial charge in [0, 0.05) is 13.1 Å². The van der Waals surface area contributed by atoms with Gasteiger partial charge in [-0.25, -0.2) is 0 Å². The van der Waals surface area contributed by atoms with Gasteiger partial charge in [-0.1, -0.05) is 12.8 Å². The Morgan fingerprint density at radius 1 is 1.33 bits per heavy atom. The highest BCUT2D eigenvalue weighted by molar-refractivity contribution is 4.86. The van der Waals surface area contributed by atoms with E-state index in [0.29, 0.717) is 12.2 Å². The fourth-order valence-corrected chi connectivity index (χ4v) is 2.71. The number of hydrogen-bond donors (Lipinski definition) is 2. The number of ether oxygens (including phenoxy) is 1. The van der Waals surface area contributed by atoms with Crippen LogP contribution in [0.1, 0.15) is 45.4 Å². The van der Waals surface area contributed by atoms with Crippen LogP contribution in [0.15, 0.2) is 0 Å². The van der Waals surface area contributed by atoms with Crippen molar-refractivity contribution >= 4 is 0 Å². The molecule has 1 saturated carbocycles. The maximum atomic E-state index is 10.1. The summed E-state index contributed by atoms with van der Waals surface area (Å²) in [7, 11) is 0. The summed E-state index contributed by atoms with van der Waals surface area (Å²) in [6.45, 7) is 3.76. The molecule has 0 bridgehead atoms. The fourth-order valence-electron chi connectivity index (χ4n) is 2.71. The Morgan fingerprint density at radius 2 is 2.07 bits per heavy atom. The van der Waals surface area contributed by atoms with E-state index in [1.807, 2.05) is 0 Å². The maximum absolute atomic E-state index is 10.1. The molecule has 0 radical (unpaired) electrons. The van der Waals surface area contributed by atoms with E-state index in [1.165, 1.54) is 19.3 Å². The Morgan fingerprint density at radius 3 is 2.67 bits per heavy atom. The highest BCUT2D eigenvalue weighted by Gasteiger charge is 2.31. The molecule has 2 atom stereocenters. The Kier molecular flexibility index (Phi) is 3.65. The van der Waals surface area contributed by atoms with Gasteiger partial charge in [-0.3, -0.25) is 0 Å². The van der Waals surface area contributed by atoms with E-state index in [2.05, 4.69) is 12.2 Å². The maximum Gasteiger partial charge on any atom is 0.0771 e. The van der Waals surface area contributed by atoms with Crippen LogP contribution in [0.2, 0.25) is 0 Å². The monoisotopic (exact) mass is 213 g/mol. The second-order valence-corrected chi connectivity index (χ2v) is 5.21. The minimum Gasteiger partial charge on any atom is -0.389 e. The predicted molar refractivity (Wildman–Crippen MR) is 59.9 cm³/mol. The number of nitrogens with one attached hydrogen (secondary N) is 1. The van der Waals surface area contributed by atoms with Crippen molar-refractivity contribution in [2.24, 2.45) is 0 Å². The minimum atomic E-state index is -0.426. The summed E-state index contributed by atoms with van der Waals surface area (Å²) >= 11 is 0. The van der Waals surface area contributed by atoms with Gasteiger partial charge in [0.15, 0.2) is 0 Å². The van der Waals surface area contributed by atoms with E-state index >= 15 is 0 Å².